The first-order valence-electron chi connectivity index (χ1n) is 1.80. The van der Waals surface area contributed by atoms with Crippen molar-refractivity contribution in [1.29, 1.82) is 0 Å². The van der Waals surface area contributed by atoms with Crippen LogP contribution in [-0.4, -0.2) is 13.2 Å². The molecule has 0 aromatic rings. The number of hydrogen-bond donors (Lipinski definition) is 0. The maximum Gasteiger partial charge on any atom is 0.0515 e. The minimum absolute atomic E-state index is 0. The molecule has 0 unspecified atom stereocenters. The molecule has 0 saturated carbocycles. The Morgan fingerprint density at radius 2 is 1.50 bits per heavy atom. The van der Waals surface area contributed by atoms with Gasteiger partial charge >= 0.3 is 0 Å². The maximum absolute atomic E-state index is 4.75. The third kappa shape index (κ3) is 9.03. The molecular weight excluding hydrogens is 76.1 g/mol. The highest BCUT2D eigenvalue weighted by atomic mass is 16.5. The lowest BCUT2D eigenvalue weighted by Gasteiger charge is -1.94. The van der Waals surface area contributed by atoms with Crippen LogP contribution in [0.1, 0.15) is 21.3 Å². The molecule has 0 aliphatic carbocycles. The first-order valence-corrected chi connectivity index (χ1v) is 1.80. The van der Waals surface area contributed by atoms with Crippen LogP contribution in [0.15, 0.2) is 0 Å². The molecule has 0 radical (unpaired) electrons. The fraction of sp³-hybridized carbons (Fsp3) is 1.00. The van der Waals surface area contributed by atoms with Crippen LogP contribution < -0.4 is 0 Å². The first kappa shape index (κ1) is 9.35. The van der Waals surface area contributed by atoms with Gasteiger partial charge in [-0.25, -0.2) is 0 Å². The summed E-state index contributed by atoms with van der Waals surface area (Å²) >= 11 is 0. The van der Waals surface area contributed by atoms with Gasteiger partial charge in [0.25, 0.3) is 0 Å². The van der Waals surface area contributed by atoms with Gasteiger partial charge in [-0.05, 0) is 13.8 Å². The fourth-order valence-electron chi connectivity index (χ4n) is 0. The molecule has 0 saturated heterocycles. The van der Waals surface area contributed by atoms with Gasteiger partial charge < -0.3 is 4.74 Å². The molecule has 0 aliphatic rings. The Morgan fingerprint density at radius 1 is 1.33 bits per heavy atom. The summed E-state index contributed by atoms with van der Waals surface area (Å²) in [6, 6.07) is 0. The molecule has 0 aromatic heterocycles. The van der Waals surface area contributed by atoms with Crippen LogP contribution in [-0.2, 0) is 4.74 Å². The second-order valence-corrected chi connectivity index (χ2v) is 1.28. The van der Waals surface area contributed by atoms with Gasteiger partial charge in [0.15, 0.2) is 0 Å². The van der Waals surface area contributed by atoms with E-state index >= 15 is 0 Å². The summed E-state index contributed by atoms with van der Waals surface area (Å²) in [5, 5.41) is 0. The number of ether oxygens (including phenoxy) is 1. The molecule has 0 N–H and O–H groups in total. The van der Waals surface area contributed by atoms with Gasteiger partial charge in [0.05, 0.1) is 6.10 Å². The zero-order chi connectivity index (χ0) is 4.28. The van der Waals surface area contributed by atoms with Crippen LogP contribution in [0.2, 0.25) is 0 Å². The van der Waals surface area contributed by atoms with Crippen molar-refractivity contribution in [2.75, 3.05) is 7.11 Å². The molecule has 0 atom stereocenters. The molecular formula is C5H14O. The van der Waals surface area contributed by atoms with Crippen molar-refractivity contribution in [2.24, 2.45) is 0 Å². The number of hydrogen-bond acceptors (Lipinski definition) is 1. The summed E-state index contributed by atoms with van der Waals surface area (Å²) in [5.41, 5.74) is 0. The first-order chi connectivity index (χ1) is 2.27. The van der Waals surface area contributed by atoms with Crippen LogP contribution >= 0.6 is 0 Å². The van der Waals surface area contributed by atoms with E-state index in [4.69, 9.17) is 4.74 Å². The Hall–Kier alpha value is -0.0400. The Bertz CT molecular complexity index is 17.9. The zero-order valence-electron chi connectivity index (χ0n) is 3.99. The lowest BCUT2D eigenvalue weighted by atomic mass is 10.5. The van der Waals surface area contributed by atoms with E-state index in [1.54, 1.807) is 7.11 Å². The third-order valence-corrected chi connectivity index (χ3v) is 0.471. The molecule has 1 nitrogen and oxygen atoms in total. The molecule has 1 heteroatoms. The summed E-state index contributed by atoms with van der Waals surface area (Å²) in [6.45, 7) is 4.00. The van der Waals surface area contributed by atoms with Crippen LogP contribution in [0.4, 0.5) is 0 Å². The van der Waals surface area contributed by atoms with Crippen molar-refractivity contribution in [3.63, 3.8) is 0 Å². The predicted octanol–water partition coefficient (Wildman–Crippen LogP) is 1.68. The molecule has 0 spiro atoms. The Kier molecular flexibility index (Phi) is 7.73. The van der Waals surface area contributed by atoms with Crippen LogP contribution in [0.3, 0.4) is 0 Å². The summed E-state index contributed by atoms with van der Waals surface area (Å²) in [4.78, 5) is 0. The van der Waals surface area contributed by atoms with Crippen molar-refractivity contribution in [2.45, 2.75) is 27.4 Å². The van der Waals surface area contributed by atoms with Crippen molar-refractivity contribution >= 4 is 0 Å². The summed E-state index contributed by atoms with van der Waals surface area (Å²) in [5.74, 6) is 0. The molecule has 0 amide bonds. The largest absolute Gasteiger partial charge is 0.382 e. The fourth-order valence-corrected chi connectivity index (χ4v) is 0. The van der Waals surface area contributed by atoms with E-state index in [0.717, 1.165) is 0 Å². The van der Waals surface area contributed by atoms with E-state index < -0.39 is 0 Å². The maximum atomic E-state index is 4.75. The Morgan fingerprint density at radius 3 is 1.50 bits per heavy atom. The van der Waals surface area contributed by atoms with Crippen molar-refractivity contribution in [3.8, 4) is 0 Å². The van der Waals surface area contributed by atoms with E-state index in [-0.39, 0.29) is 7.43 Å². The summed E-state index contributed by atoms with van der Waals surface area (Å²) < 4.78 is 4.75. The molecule has 0 bridgehead atoms. The van der Waals surface area contributed by atoms with Gasteiger partial charge in [-0.15, -0.1) is 0 Å². The smallest absolute Gasteiger partial charge is 0.0515 e. The van der Waals surface area contributed by atoms with Gasteiger partial charge in [-0.2, -0.15) is 0 Å². The van der Waals surface area contributed by atoms with E-state index in [9.17, 15) is 0 Å². The molecule has 0 heterocycles. The van der Waals surface area contributed by atoms with E-state index in [0.29, 0.717) is 6.10 Å². The van der Waals surface area contributed by atoms with Crippen LogP contribution in [0.5, 0.6) is 0 Å². The van der Waals surface area contributed by atoms with Crippen molar-refractivity contribution in [3.05, 3.63) is 0 Å². The van der Waals surface area contributed by atoms with Crippen molar-refractivity contribution in [1.82, 2.24) is 0 Å². The van der Waals surface area contributed by atoms with Crippen molar-refractivity contribution < 1.29 is 4.74 Å². The topological polar surface area (TPSA) is 9.23 Å². The molecule has 0 aromatic carbocycles. The second-order valence-electron chi connectivity index (χ2n) is 1.28. The normalized spacial score (nSPS) is 8.00. The highest BCUT2D eigenvalue weighted by molar-refractivity contribution is 4.27. The minimum Gasteiger partial charge on any atom is -0.382 e. The lowest BCUT2D eigenvalue weighted by Crippen LogP contribution is -1.94. The molecule has 0 rings (SSSR count). The van der Waals surface area contributed by atoms with E-state index in [2.05, 4.69) is 0 Å². The predicted molar refractivity (Wildman–Crippen MR) is 28.9 cm³/mol. The zero-order valence-corrected chi connectivity index (χ0v) is 3.99. The van der Waals surface area contributed by atoms with Gasteiger partial charge in [0, 0.05) is 7.11 Å². The molecule has 6 heavy (non-hydrogen) atoms. The standard InChI is InChI=1S/C4H10O.CH4/c1-4(2)5-3;/h4H,1-3H3;1H4. The van der Waals surface area contributed by atoms with Gasteiger partial charge in [0.2, 0.25) is 0 Å². The Labute approximate surface area is 40.3 Å². The van der Waals surface area contributed by atoms with Gasteiger partial charge in [-0.3, -0.25) is 0 Å². The molecule has 0 fully saturated rings. The van der Waals surface area contributed by atoms with Gasteiger partial charge in [-0.1, -0.05) is 7.43 Å². The van der Waals surface area contributed by atoms with E-state index in [1.165, 1.54) is 0 Å². The number of methoxy groups -OCH3 is 1. The average molecular weight is 90.2 g/mol. The molecule has 40 valence electrons. The quantitative estimate of drug-likeness (QED) is 0.476. The third-order valence-electron chi connectivity index (χ3n) is 0.471. The molecule has 0 aliphatic heterocycles. The number of rotatable bonds is 1. The average Bonchev–Trinajstić information content (AvgIpc) is 1.38. The van der Waals surface area contributed by atoms with Crippen LogP contribution in [0, 0.1) is 0 Å². The lowest BCUT2D eigenvalue weighted by molar-refractivity contribution is 0.134. The van der Waals surface area contributed by atoms with Crippen LogP contribution in [0.25, 0.3) is 0 Å². The highest BCUT2D eigenvalue weighted by Crippen LogP contribution is 1.77. The summed E-state index contributed by atoms with van der Waals surface area (Å²) in [7, 11) is 1.70. The summed E-state index contributed by atoms with van der Waals surface area (Å²) in [6.07, 6.45) is 0.384. The SMILES string of the molecule is C.COC(C)C. The highest BCUT2D eigenvalue weighted by Gasteiger charge is 1.78. The second kappa shape index (κ2) is 4.96. The van der Waals surface area contributed by atoms with Gasteiger partial charge in [0.1, 0.15) is 0 Å². The monoisotopic (exact) mass is 90.1 g/mol. The Balaban J connectivity index is 0. The van der Waals surface area contributed by atoms with E-state index in [1.807, 2.05) is 13.8 Å². The minimum atomic E-state index is 0.